The van der Waals surface area contributed by atoms with E-state index in [1.165, 1.54) is 5.56 Å². The fourth-order valence-corrected chi connectivity index (χ4v) is 2.86. The van der Waals surface area contributed by atoms with Gasteiger partial charge in [-0.2, -0.15) is 0 Å². The van der Waals surface area contributed by atoms with Crippen molar-refractivity contribution in [3.63, 3.8) is 0 Å². The quantitative estimate of drug-likeness (QED) is 0.802. The Labute approximate surface area is 126 Å². The molecule has 0 radical (unpaired) electrons. The molecule has 0 saturated carbocycles. The summed E-state index contributed by atoms with van der Waals surface area (Å²) < 4.78 is 0. The fourth-order valence-electron chi connectivity index (χ4n) is 2.86. The predicted octanol–water partition coefficient (Wildman–Crippen LogP) is 1.95. The Kier molecular flexibility index (Phi) is 5.37. The Balaban J connectivity index is 1.89. The number of amides is 2. The predicted molar refractivity (Wildman–Crippen MR) is 82.8 cm³/mol. The second kappa shape index (κ2) is 7.25. The molecule has 1 aliphatic rings. The van der Waals surface area contributed by atoms with Crippen molar-refractivity contribution in [1.82, 2.24) is 9.80 Å². The van der Waals surface area contributed by atoms with E-state index in [1.807, 2.05) is 41.8 Å². The van der Waals surface area contributed by atoms with E-state index < -0.39 is 0 Å². The van der Waals surface area contributed by atoms with Crippen molar-refractivity contribution in [3.8, 4) is 0 Å². The van der Waals surface area contributed by atoms with E-state index in [2.05, 4.69) is 12.1 Å². The first kappa shape index (κ1) is 15.5. The summed E-state index contributed by atoms with van der Waals surface area (Å²) in [4.78, 5) is 28.0. The van der Waals surface area contributed by atoms with Crippen molar-refractivity contribution in [2.45, 2.75) is 26.7 Å². The van der Waals surface area contributed by atoms with Gasteiger partial charge in [-0.25, -0.2) is 0 Å². The molecule has 1 atom stereocenters. The molecule has 1 aliphatic heterocycles. The minimum absolute atomic E-state index is 0.108. The van der Waals surface area contributed by atoms with Gasteiger partial charge in [0.15, 0.2) is 0 Å². The van der Waals surface area contributed by atoms with Gasteiger partial charge in [0.1, 0.15) is 0 Å². The first-order valence-corrected chi connectivity index (χ1v) is 7.76. The molecular formula is C17H24N2O2. The van der Waals surface area contributed by atoms with Gasteiger partial charge in [-0.1, -0.05) is 30.3 Å². The van der Waals surface area contributed by atoms with Crippen LogP contribution in [0.1, 0.15) is 25.8 Å². The van der Waals surface area contributed by atoms with E-state index in [0.29, 0.717) is 32.6 Å². The van der Waals surface area contributed by atoms with Crippen molar-refractivity contribution in [2.24, 2.45) is 5.92 Å². The van der Waals surface area contributed by atoms with E-state index >= 15 is 0 Å². The summed E-state index contributed by atoms with van der Waals surface area (Å²) in [6, 6.07) is 10.1. The summed E-state index contributed by atoms with van der Waals surface area (Å²) in [5.74, 6) is 0.0696. The minimum Gasteiger partial charge on any atom is -0.343 e. The van der Waals surface area contributed by atoms with Crippen LogP contribution < -0.4 is 0 Å². The zero-order valence-corrected chi connectivity index (χ0v) is 12.9. The molecule has 0 aromatic heterocycles. The maximum atomic E-state index is 12.3. The highest BCUT2D eigenvalue weighted by atomic mass is 16.2. The highest BCUT2D eigenvalue weighted by Crippen LogP contribution is 2.20. The third-order valence-electron chi connectivity index (χ3n) is 4.15. The molecule has 0 unspecified atom stereocenters. The Morgan fingerprint density at radius 1 is 1.24 bits per heavy atom. The van der Waals surface area contributed by atoms with E-state index in [0.717, 1.165) is 6.42 Å². The van der Waals surface area contributed by atoms with Crippen molar-refractivity contribution >= 4 is 11.8 Å². The SMILES string of the molecule is CCN(CC)C(=O)[C@@H]1CC(=O)N(CCc2ccccc2)C1. The molecule has 0 N–H and O–H groups in total. The lowest BCUT2D eigenvalue weighted by molar-refractivity contribution is -0.135. The maximum absolute atomic E-state index is 12.3. The molecule has 1 heterocycles. The van der Waals surface area contributed by atoms with Crippen molar-refractivity contribution in [1.29, 1.82) is 0 Å². The van der Waals surface area contributed by atoms with Gasteiger partial charge in [0.2, 0.25) is 11.8 Å². The number of benzene rings is 1. The molecular weight excluding hydrogens is 264 g/mol. The molecule has 1 aromatic carbocycles. The van der Waals surface area contributed by atoms with Gasteiger partial charge in [-0.3, -0.25) is 9.59 Å². The summed E-state index contributed by atoms with van der Waals surface area (Å²) in [6.07, 6.45) is 1.21. The van der Waals surface area contributed by atoms with Crippen LogP contribution in [0.5, 0.6) is 0 Å². The van der Waals surface area contributed by atoms with Gasteiger partial charge in [0.05, 0.1) is 5.92 Å². The number of nitrogens with zero attached hydrogens (tertiary/aromatic N) is 2. The molecule has 0 bridgehead atoms. The third kappa shape index (κ3) is 3.84. The van der Waals surface area contributed by atoms with E-state index in [9.17, 15) is 9.59 Å². The van der Waals surface area contributed by atoms with Gasteiger partial charge >= 0.3 is 0 Å². The summed E-state index contributed by atoms with van der Waals surface area (Å²) in [5.41, 5.74) is 1.23. The Morgan fingerprint density at radius 3 is 2.52 bits per heavy atom. The van der Waals surface area contributed by atoms with Crippen LogP contribution in [0.15, 0.2) is 30.3 Å². The molecule has 0 spiro atoms. The Bertz CT molecular complexity index is 483. The normalized spacial score (nSPS) is 18.1. The average Bonchev–Trinajstić information content (AvgIpc) is 2.88. The monoisotopic (exact) mass is 288 g/mol. The molecule has 4 heteroatoms. The zero-order valence-electron chi connectivity index (χ0n) is 12.9. The van der Waals surface area contributed by atoms with Crippen molar-refractivity contribution in [3.05, 3.63) is 35.9 Å². The summed E-state index contributed by atoms with van der Waals surface area (Å²) in [7, 11) is 0. The minimum atomic E-state index is -0.159. The average molecular weight is 288 g/mol. The Morgan fingerprint density at radius 2 is 1.90 bits per heavy atom. The first-order valence-electron chi connectivity index (χ1n) is 7.76. The molecule has 2 rings (SSSR count). The van der Waals surface area contributed by atoms with Crippen LogP contribution >= 0.6 is 0 Å². The highest BCUT2D eigenvalue weighted by Gasteiger charge is 2.35. The van der Waals surface area contributed by atoms with Gasteiger partial charge in [0.25, 0.3) is 0 Å². The smallest absolute Gasteiger partial charge is 0.227 e. The maximum Gasteiger partial charge on any atom is 0.227 e. The molecule has 114 valence electrons. The molecule has 1 saturated heterocycles. The van der Waals surface area contributed by atoms with Crippen LogP contribution in [-0.2, 0) is 16.0 Å². The summed E-state index contributed by atoms with van der Waals surface area (Å²) in [6.45, 7) is 6.65. The van der Waals surface area contributed by atoms with Gasteiger partial charge in [-0.15, -0.1) is 0 Å². The van der Waals surface area contributed by atoms with E-state index in [1.54, 1.807) is 0 Å². The van der Waals surface area contributed by atoms with Crippen LogP contribution in [0.2, 0.25) is 0 Å². The van der Waals surface area contributed by atoms with Gasteiger partial charge < -0.3 is 9.80 Å². The standard InChI is InChI=1S/C17H24N2O2/c1-3-18(4-2)17(21)15-12-16(20)19(13-15)11-10-14-8-6-5-7-9-14/h5-9,15H,3-4,10-13H2,1-2H3/t15-/m1/s1. The molecule has 1 fully saturated rings. The van der Waals surface area contributed by atoms with Crippen LogP contribution in [0.25, 0.3) is 0 Å². The largest absolute Gasteiger partial charge is 0.343 e. The van der Waals surface area contributed by atoms with Gasteiger partial charge in [-0.05, 0) is 25.8 Å². The molecule has 2 amide bonds. The second-order valence-corrected chi connectivity index (χ2v) is 5.49. The topological polar surface area (TPSA) is 40.6 Å². The molecule has 1 aromatic rings. The number of carbonyl (C=O) groups excluding carboxylic acids is 2. The number of likely N-dealkylation sites (tertiary alicyclic amines) is 1. The van der Waals surface area contributed by atoms with E-state index in [-0.39, 0.29) is 17.7 Å². The first-order chi connectivity index (χ1) is 10.2. The van der Waals surface area contributed by atoms with Crippen molar-refractivity contribution in [2.75, 3.05) is 26.2 Å². The fraction of sp³-hybridized carbons (Fsp3) is 0.529. The van der Waals surface area contributed by atoms with Gasteiger partial charge in [0, 0.05) is 32.6 Å². The lowest BCUT2D eigenvalue weighted by Gasteiger charge is -2.22. The second-order valence-electron chi connectivity index (χ2n) is 5.49. The van der Waals surface area contributed by atoms with Crippen LogP contribution in [0.3, 0.4) is 0 Å². The lowest BCUT2D eigenvalue weighted by Crippen LogP contribution is -2.37. The van der Waals surface area contributed by atoms with E-state index in [4.69, 9.17) is 0 Å². The number of hydrogen-bond acceptors (Lipinski definition) is 2. The van der Waals surface area contributed by atoms with Crippen LogP contribution in [0, 0.1) is 5.92 Å². The Hall–Kier alpha value is -1.84. The molecule has 21 heavy (non-hydrogen) atoms. The molecule has 0 aliphatic carbocycles. The van der Waals surface area contributed by atoms with Crippen LogP contribution in [-0.4, -0.2) is 47.8 Å². The van der Waals surface area contributed by atoms with Crippen molar-refractivity contribution < 1.29 is 9.59 Å². The zero-order chi connectivity index (χ0) is 15.2. The third-order valence-corrected chi connectivity index (χ3v) is 4.15. The summed E-state index contributed by atoms with van der Waals surface area (Å²) >= 11 is 0. The number of hydrogen-bond donors (Lipinski definition) is 0. The summed E-state index contributed by atoms with van der Waals surface area (Å²) in [5, 5.41) is 0. The molecule has 4 nitrogen and oxygen atoms in total. The van der Waals surface area contributed by atoms with Crippen LogP contribution in [0.4, 0.5) is 0 Å². The number of rotatable bonds is 6. The highest BCUT2D eigenvalue weighted by molar-refractivity contribution is 5.89. The lowest BCUT2D eigenvalue weighted by atomic mass is 10.1. The number of carbonyl (C=O) groups is 2.